The monoisotopic (exact) mass is 222 g/mol. The first-order valence-electron chi connectivity index (χ1n) is 4.90. The summed E-state index contributed by atoms with van der Waals surface area (Å²) < 4.78 is 0. The quantitative estimate of drug-likeness (QED) is 0.484. The maximum absolute atomic E-state index is 5.32. The zero-order valence-electron chi connectivity index (χ0n) is 8.91. The minimum Gasteiger partial charge on any atom is -0.356 e. The number of rotatable bonds is 3. The molecule has 0 aliphatic carbocycles. The summed E-state index contributed by atoms with van der Waals surface area (Å²) >= 11 is 1.69. The molecule has 0 unspecified atom stereocenters. The van der Waals surface area contributed by atoms with E-state index in [1.165, 1.54) is 11.1 Å². The van der Waals surface area contributed by atoms with Gasteiger partial charge in [0.05, 0.1) is 4.90 Å². The third-order valence-corrected chi connectivity index (χ3v) is 3.13. The van der Waals surface area contributed by atoms with Crippen LogP contribution >= 0.6 is 11.8 Å². The molecule has 0 bridgehead atoms. The molecule has 0 atom stereocenters. The molecule has 0 spiro atoms. The zero-order valence-corrected chi connectivity index (χ0v) is 9.73. The van der Waals surface area contributed by atoms with Gasteiger partial charge >= 0.3 is 0 Å². The summed E-state index contributed by atoms with van der Waals surface area (Å²) in [4.78, 5) is 6.46. The summed E-state index contributed by atoms with van der Waals surface area (Å²) in [6.07, 6.45) is 3.70. The fraction of sp³-hybridized carbons (Fsp3) is 0.364. The molecule has 0 amide bonds. The molecular formula is C11H14N2OS. The Labute approximate surface area is 93.9 Å². The largest absolute Gasteiger partial charge is 0.356 e. The molecule has 0 radical (unpaired) electrons. The van der Waals surface area contributed by atoms with Crippen LogP contribution in [0.3, 0.4) is 0 Å². The van der Waals surface area contributed by atoms with Crippen LogP contribution in [0.2, 0.25) is 0 Å². The van der Waals surface area contributed by atoms with Gasteiger partial charge in [-0.2, -0.15) is 0 Å². The molecule has 0 fully saturated rings. The lowest BCUT2D eigenvalue weighted by atomic mass is 10.1. The van der Waals surface area contributed by atoms with Crippen LogP contribution in [0.4, 0.5) is 0 Å². The van der Waals surface area contributed by atoms with Gasteiger partial charge in [0.15, 0.2) is 5.75 Å². The number of benzene rings is 1. The highest BCUT2D eigenvalue weighted by molar-refractivity contribution is 7.98. The van der Waals surface area contributed by atoms with Gasteiger partial charge in [-0.05, 0) is 36.4 Å². The second-order valence-corrected chi connectivity index (χ2v) is 4.18. The standard InChI is InChI=1S/C11H14N2OS/c1-3-13-14-10-4-8-6-12-7-9(8)5-11(10)15-2/h3-5,12H,6-7H2,1-2H3/b13-3-. The number of fused-ring (bicyclic) bond motifs is 1. The van der Waals surface area contributed by atoms with Crippen molar-refractivity contribution in [2.45, 2.75) is 24.9 Å². The molecule has 0 aromatic heterocycles. The van der Waals surface area contributed by atoms with Crippen LogP contribution in [-0.2, 0) is 13.1 Å². The molecule has 1 aromatic rings. The minimum absolute atomic E-state index is 0.850. The van der Waals surface area contributed by atoms with E-state index in [1.807, 2.05) is 13.2 Å². The van der Waals surface area contributed by atoms with Crippen molar-refractivity contribution < 1.29 is 4.84 Å². The highest BCUT2D eigenvalue weighted by Gasteiger charge is 2.14. The van der Waals surface area contributed by atoms with E-state index in [-0.39, 0.29) is 0 Å². The number of hydrogen-bond acceptors (Lipinski definition) is 4. The maximum atomic E-state index is 5.32. The number of oxime groups is 1. The van der Waals surface area contributed by atoms with Gasteiger partial charge in [0.1, 0.15) is 0 Å². The second-order valence-electron chi connectivity index (χ2n) is 3.33. The van der Waals surface area contributed by atoms with Gasteiger partial charge in [0.25, 0.3) is 0 Å². The van der Waals surface area contributed by atoms with Gasteiger partial charge in [0.2, 0.25) is 0 Å². The molecule has 1 N–H and O–H groups in total. The molecule has 3 nitrogen and oxygen atoms in total. The molecule has 4 heteroatoms. The van der Waals surface area contributed by atoms with Crippen molar-refractivity contribution in [3.8, 4) is 5.75 Å². The summed E-state index contributed by atoms with van der Waals surface area (Å²) in [5, 5.41) is 7.14. The third-order valence-electron chi connectivity index (χ3n) is 2.37. The average molecular weight is 222 g/mol. The van der Waals surface area contributed by atoms with Gasteiger partial charge in [-0.25, -0.2) is 0 Å². The molecule has 0 saturated heterocycles. The summed E-state index contributed by atoms with van der Waals surface area (Å²) in [7, 11) is 0. The van der Waals surface area contributed by atoms with Crippen LogP contribution in [0.5, 0.6) is 5.75 Å². The molecule has 2 rings (SSSR count). The molecule has 1 aromatic carbocycles. The van der Waals surface area contributed by atoms with Crippen molar-refractivity contribution >= 4 is 18.0 Å². The SMILES string of the molecule is C/C=N\Oc1cc2c(cc1SC)CNC2. The molecule has 1 aliphatic rings. The first kappa shape index (κ1) is 10.5. The summed E-state index contributed by atoms with van der Waals surface area (Å²) in [5.74, 6) is 0.850. The maximum Gasteiger partial charge on any atom is 0.171 e. The summed E-state index contributed by atoms with van der Waals surface area (Å²) in [5.41, 5.74) is 2.68. The zero-order chi connectivity index (χ0) is 10.7. The first-order valence-corrected chi connectivity index (χ1v) is 6.13. The Morgan fingerprint density at radius 2 is 2.13 bits per heavy atom. The van der Waals surface area contributed by atoms with Crippen LogP contribution in [0.1, 0.15) is 18.1 Å². The Bertz CT molecular complexity index is 390. The smallest absolute Gasteiger partial charge is 0.171 e. The van der Waals surface area contributed by atoms with E-state index >= 15 is 0 Å². The second kappa shape index (κ2) is 4.68. The fourth-order valence-corrected chi connectivity index (χ4v) is 2.20. The highest BCUT2D eigenvalue weighted by atomic mass is 32.2. The van der Waals surface area contributed by atoms with E-state index in [0.29, 0.717) is 0 Å². The predicted molar refractivity (Wildman–Crippen MR) is 63.6 cm³/mol. The van der Waals surface area contributed by atoms with Gasteiger partial charge in [-0.1, -0.05) is 5.16 Å². The van der Waals surface area contributed by atoms with E-state index in [2.05, 4.69) is 22.6 Å². The summed E-state index contributed by atoms with van der Waals surface area (Å²) in [6, 6.07) is 4.26. The van der Waals surface area contributed by atoms with Crippen molar-refractivity contribution in [3.05, 3.63) is 23.3 Å². The molecule has 0 saturated carbocycles. The Hall–Kier alpha value is -1.00. The molecule has 15 heavy (non-hydrogen) atoms. The van der Waals surface area contributed by atoms with E-state index in [0.717, 1.165) is 23.7 Å². The van der Waals surface area contributed by atoms with Gasteiger partial charge in [0, 0.05) is 19.3 Å². The van der Waals surface area contributed by atoms with E-state index in [1.54, 1.807) is 18.0 Å². The Morgan fingerprint density at radius 3 is 2.80 bits per heavy atom. The Morgan fingerprint density at radius 1 is 1.40 bits per heavy atom. The predicted octanol–water partition coefficient (Wildman–Crippen LogP) is 2.40. The average Bonchev–Trinajstić information content (AvgIpc) is 2.71. The van der Waals surface area contributed by atoms with Crippen LogP contribution in [0.15, 0.2) is 22.2 Å². The van der Waals surface area contributed by atoms with Crippen LogP contribution in [0, 0.1) is 0 Å². The number of nitrogens with zero attached hydrogens (tertiary/aromatic N) is 1. The van der Waals surface area contributed by atoms with Crippen molar-refractivity contribution in [2.24, 2.45) is 5.16 Å². The van der Waals surface area contributed by atoms with Crippen molar-refractivity contribution in [3.63, 3.8) is 0 Å². The number of thioether (sulfide) groups is 1. The van der Waals surface area contributed by atoms with Gasteiger partial charge in [-0.3, -0.25) is 0 Å². The first-order chi connectivity index (χ1) is 7.35. The number of nitrogens with one attached hydrogen (secondary N) is 1. The van der Waals surface area contributed by atoms with Crippen LogP contribution < -0.4 is 10.2 Å². The normalized spacial score (nSPS) is 14.5. The van der Waals surface area contributed by atoms with E-state index < -0.39 is 0 Å². The summed E-state index contributed by atoms with van der Waals surface area (Å²) in [6.45, 7) is 3.73. The van der Waals surface area contributed by atoms with E-state index in [9.17, 15) is 0 Å². The van der Waals surface area contributed by atoms with Crippen molar-refractivity contribution in [1.82, 2.24) is 5.32 Å². The highest BCUT2D eigenvalue weighted by Crippen LogP contribution is 2.32. The Balaban J connectivity index is 2.35. The third kappa shape index (κ3) is 2.16. The molecular weight excluding hydrogens is 208 g/mol. The van der Waals surface area contributed by atoms with E-state index in [4.69, 9.17) is 4.84 Å². The lowest BCUT2D eigenvalue weighted by molar-refractivity contribution is 0.335. The lowest BCUT2D eigenvalue weighted by Crippen LogP contribution is -1.99. The van der Waals surface area contributed by atoms with Gasteiger partial charge in [-0.15, -0.1) is 11.8 Å². The topological polar surface area (TPSA) is 33.6 Å². The van der Waals surface area contributed by atoms with Crippen LogP contribution in [0.25, 0.3) is 0 Å². The lowest BCUT2D eigenvalue weighted by Gasteiger charge is -2.07. The number of hydrogen-bond donors (Lipinski definition) is 1. The minimum atomic E-state index is 0.850. The fourth-order valence-electron chi connectivity index (χ4n) is 1.65. The molecule has 1 aliphatic heterocycles. The van der Waals surface area contributed by atoms with Crippen molar-refractivity contribution in [1.29, 1.82) is 0 Å². The Kier molecular flexibility index (Phi) is 3.28. The van der Waals surface area contributed by atoms with Crippen molar-refractivity contribution in [2.75, 3.05) is 6.26 Å². The molecule has 1 heterocycles. The molecule has 80 valence electrons. The van der Waals surface area contributed by atoms with Gasteiger partial charge < -0.3 is 10.2 Å². The van der Waals surface area contributed by atoms with Crippen LogP contribution in [-0.4, -0.2) is 12.5 Å².